The molecule has 20 heavy (non-hydrogen) atoms. The van der Waals surface area contributed by atoms with Gasteiger partial charge in [0.15, 0.2) is 0 Å². The van der Waals surface area contributed by atoms with Crippen molar-refractivity contribution in [2.45, 2.75) is 11.1 Å². The zero-order chi connectivity index (χ0) is 14.9. The zero-order valence-corrected chi connectivity index (χ0v) is 10.9. The van der Waals surface area contributed by atoms with Crippen molar-refractivity contribution in [2.75, 3.05) is 0 Å². The highest BCUT2D eigenvalue weighted by atomic mass is 32.2. The molecular weight excluding hydrogens is 293 g/mol. The molecule has 0 bridgehead atoms. The van der Waals surface area contributed by atoms with E-state index in [1.165, 1.54) is 17.1 Å². The largest absolute Gasteiger partial charge is 0.417 e. The molecule has 0 saturated carbocycles. The molecule has 0 aliphatic rings. The first-order valence-electron chi connectivity index (χ1n) is 5.22. The Kier molecular flexibility index (Phi) is 3.59. The van der Waals surface area contributed by atoms with E-state index in [0.717, 1.165) is 4.57 Å². The lowest BCUT2D eigenvalue weighted by Crippen LogP contribution is -2.22. The molecule has 0 aliphatic carbocycles. The first-order valence-corrected chi connectivity index (χ1v) is 6.03. The highest BCUT2D eigenvalue weighted by molar-refractivity contribution is 8.03. The maximum Gasteiger partial charge on any atom is 0.417 e. The summed E-state index contributed by atoms with van der Waals surface area (Å²) < 4.78 is 40.6. The number of alkyl halides is 3. The molecule has 2 rings (SSSR count). The lowest BCUT2D eigenvalue weighted by molar-refractivity contribution is -0.138. The van der Waals surface area contributed by atoms with Crippen LogP contribution >= 0.6 is 11.8 Å². The Morgan fingerprint density at radius 2 is 2.10 bits per heavy atom. The number of thiocyanates is 1. The van der Waals surface area contributed by atoms with Crippen molar-refractivity contribution in [1.29, 1.82) is 5.26 Å². The minimum Gasteiger partial charge on any atom is -0.280 e. The Morgan fingerprint density at radius 1 is 1.40 bits per heavy atom. The molecule has 0 atom stereocenters. The summed E-state index contributed by atoms with van der Waals surface area (Å²) in [7, 11) is 1.58. The average molecular weight is 300 g/mol. The number of aryl methyl sites for hydroxylation is 1. The second kappa shape index (κ2) is 5.05. The van der Waals surface area contributed by atoms with Crippen molar-refractivity contribution in [3.63, 3.8) is 0 Å². The summed E-state index contributed by atoms with van der Waals surface area (Å²) in [5, 5.41) is 14.0. The minimum atomic E-state index is -4.61. The Labute approximate surface area is 115 Å². The van der Waals surface area contributed by atoms with Crippen molar-refractivity contribution in [2.24, 2.45) is 7.05 Å². The molecule has 9 heteroatoms. The second-order valence-corrected chi connectivity index (χ2v) is 4.66. The monoisotopic (exact) mass is 300 g/mol. The first-order chi connectivity index (χ1) is 9.32. The lowest BCUT2D eigenvalue weighted by Gasteiger charge is -2.11. The number of nitrogens with zero attached hydrogens (tertiary/aromatic N) is 4. The summed E-state index contributed by atoms with van der Waals surface area (Å²) >= 11 is 0.393. The number of pyridine rings is 1. The number of aromatic nitrogens is 3. The molecule has 5 nitrogen and oxygen atoms in total. The van der Waals surface area contributed by atoms with Gasteiger partial charge in [0.25, 0.3) is 5.56 Å². The van der Waals surface area contributed by atoms with Gasteiger partial charge in [0.1, 0.15) is 5.40 Å². The number of nitriles is 1. The third kappa shape index (κ3) is 2.70. The molecule has 0 radical (unpaired) electrons. The third-order valence-corrected chi connectivity index (χ3v) is 3.04. The van der Waals surface area contributed by atoms with E-state index in [0.29, 0.717) is 24.0 Å². The van der Waals surface area contributed by atoms with Gasteiger partial charge in [-0.15, -0.1) is 0 Å². The molecule has 2 heterocycles. The van der Waals surface area contributed by atoms with Gasteiger partial charge in [0.2, 0.25) is 0 Å². The van der Waals surface area contributed by atoms with Gasteiger partial charge >= 0.3 is 6.18 Å². The van der Waals surface area contributed by atoms with E-state index in [9.17, 15) is 18.0 Å². The Balaban J connectivity index is 2.70. The predicted octanol–water partition coefficient (Wildman–Crippen LogP) is 2.16. The van der Waals surface area contributed by atoms with E-state index in [2.05, 4.69) is 5.10 Å². The highest BCUT2D eigenvalue weighted by Crippen LogP contribution is 2.31. The van der Waals surface area contributed by atoms with Crippen molar-refractivity contribution in [1.82, 2.24) is 14.3 Å². The molecule has 2 aromatic rings. The summed E-state index contributed by atoms with van der Waals surface area (Å²) in [6.07, 6.45) is -1.24. The lowest BCUT2D eigenvalue weighted by atomic mass is 10.2. The summed E-state index contributed by atoms with van der Waals surface area (Å²) in [5.74, 6) is 0. The molecule has 2 aromatic heterocycles. The predicted molar refractivity (Wildman–Crippen MR) is 65.3 cm³/mol. The molecule has 0 aromatic carbocycles. The van der Waals surface area contributed by atoms with Crippen molar-refractivity contribution in [3.05, 3.63) is 40.6 Å². The SMILES string of the molecule is Cn1cc(-n2cc(C(F)(F)F)cc(SC#N)c2=O)cn1. The van der Waals surface area contributed by atoms with Crippen LogP contribution in [0.2, 0.25) is 0 Å². The van der Waals surface area contributed by atoms with E-state index < -0.39 is 17.3 Å². The quantitative estimate of drug-likeness (QED) is 0.630. The standard InChI is InChI=1S/C11H7F3N4OS/c1-17-5-8(3-16-17)18-4-7(11(12,13)14)2-9(10(18)19)20-6-15/h2-5H,1H3. The van der Waals surface area contributed by atoms with Crippen LogP contribution < -0.4 is 5.56 Å². The van der Waals surface area contributed by atoms with Gasteiger partial charge in [-0.25, -0.2) is 0 Å². The van der Waals surface area contributed by atoms with Crippen LogP contribution in [0.1, 0.15) is 5.56 Å². The molecule has 104 valence electrons. The fourth-order valence-electron chi connectivity index (χ4n) is 1.56. The summed E-state index contributed by atoms with van der Waals surface area (Å²) in [6, 6.07) is 0.670. The van der Waals surface area contributed by atoms with Crippen LogP contribution in [0.5, 0.6) is 0 Å². The average Bonchev–Trinajstić information content (AvgIpc) is 2.77. The van der Waals surface area contributed by atoms with E-state index in [1.807, 2.05) is 0 Å². The zero-order valence-electron chi connectivity index (χ0n) is 10.0. The van der Waals surface area contributed by atoms with E-state index in [1.54, 1.807) is 12.4 Å². The van der Waals surface area contributed by atoms with Gasteiger partial charge in [0, 0.05) is 19.4 Å². The van der Waals surface area contributed by atoms with Crippen LogP contribution in [0.25, 0.3) is 5.69 Å². The van der Waals surface area contributed by atoms with Crippen LogP contribution in [0.3, 0.4) is 0 Å². The summed E-state index contributed by atoms with van der Waals surface area (Å²) in [4.78, 5) is 11.7. The molecule has 0 fully saturated rings. The van der Waals surface area contributed by atoms with Crippen LogP contribution in [-0.4, -0.2) is 14.3 Å². The maximum atomic E-state index is 12.8. The van der Waals surface area contributed by atoms with E-state index in [4.69, 9.17) is 5.26 Å². The molecule has 0 unspecified atom stereocenters. The van der Waals surface area contributed by atoms with Crippen LogP contribution in [0, 0.1) is 10.7 Å². The van der Waals surface area contributed by atoms with Crippen molar-refractivity contribution in [3.8, 4) is 11.1 Å². The summed E-state index contributed by atoms with van der Waals surface area (Å²) in [5.41, 5.74) is -1.50. The number of halogens is 3. The smallest absolute Gasteiger partial charge is 0.280 e. The Bertz CT molecular complexity index is 741. The number of rotatable bonds is 2. The van der Waals surface area contributed by atoms with Crippen LogP contribution in [0.4, 0.5) is 13.2 Å². The molecule has 0 aliphatic heterocycles. The summed E-state index contributed by atoms with van der Waals surface area (Å²) in [6.45, 7) is 0. The third-order valence-electron chi connectivity index (χ3n) is 2.44. The van der Waals surface area contributed by atoms with Crippen LogP contribution in [0.15, 0.2) is 34.3 Å². The van der Waals surface area contributed by atoms with Gasteiger partial charge in [-0.1, -0.05) is 0 Å². The fraction of sp³-hybridized carbons (Fsp3) is 0.182. The Morgan fingerprint density at radius 3 is 2.60 bits per heavy atom. The molecule has 0 amide bonds. The normalized spacial score (nSPS) is 11.3. The molecule has 0 saturated heterocycles. The van der Waals surface area contributed by atoms with Crippen LogP contribution in [-0.2, 0) is 13.2 Å². The highest BCUT2D eigenvalue weighted by Gasteiger charge is 2.32. The van der Waals surface area contributed by atoms with Crippen molar-refractivity contribution < 1.29 is 13.2 Å². The molecular formula is C11H7F3N4OS. The van der Waals surface area contributed by atoms with Gasteiger partial charge in [-0.3, -0.25) is 14.0 Å². The second-order valence-electron chi connectivity index (χ2n) is 3.83. The van der Waals surface area contributed by atoms with E-state index >= 15 is 0 Å². The molecule has 0 spiro atoms. The molecule has 0 N–H and O–H groups in total. The van der Waals surface area contributed by atoms with E-state index in [-0.39, 0.29) is 10.6 Å². The minimum absolute atomic E-state index is 0.198. The topological polar surface area (TPSA) is 63.6 Å². The maximum absolute atomic E-state index is 12.8. The van der Waals surface area contributed by atoms with Gasteiger partial charge in [0.05, 0.1) is 22.3 Å². The fourth-order valence-corrected chi connectivity index (χ4v) is 2.03. The van der Waals surface area contributed by atoms with Gasteiger partial charge < -0.3 is 0 Å². The van der Waals surface area contributed by atoms with Gasteiger partial charge in [-0.2, -0.15) is 23.5 Å². The number of thioether (sulfide) groups is 1. The first kappa shape index (κ1) is 14.2. The Hall–Kier alpha value is -2.21. The van der Waals surface area contributed by atoms with Crippen molar-refractivity contribution >= 4 is 11.8 Å². The number of hydrogen-bond acceptors (Lipinski definition) is 4. The van der Waals surface area contributed by atoms with Gasteiger partial charge in [-0.05, 0) is 17.8 Å². The number of hydrogen-bond donors (Lipinski definition) is 0.